The van der Waals surface area contributed by atoms with E-state index < -0.39 is 0 Å². The molecule has 1 unspecified atom stereocenters. The van der Waals surface area contributed by atoms with Gasteiger partial charge in [-0.1, -0.05) is 50.1 Å². The zero-order valence-corrected chi connectivity index (χ0v) is 12.1. The van der Waals surface area contributed by atoms with Crippen LogP contribution in [-0.2, 0) is 6.54 Å². The summed E-state index contributed by atoms with van der Waals surface area (Å²) in [6.45, 7) is 3.17. The first-order valence-corrected chi connectivity index (χ1v) is 7.68. The van der Waals surface area contributed by atoms with Crippen LogP contribution in [-0.4, -0.2) is 16.2 Å². The van der Waals surface area contributed by atoms with Crippen LogP contribution >= 0.6 is 0 Å². The number of hydrogen-bond acceptors (Lipinski definition) is 2. The van der Waals surface area contributed by atoms with Crippen molar-refractivity contribution in [3.05, 3.63) is 42.1 Å². The van der Waals surface area contributed by atoms with Crippen molar-refractivity contribution in [2.45, 2.75) is 45.2 Å². The summed E-state index contributed by atoms with van der Waals surface area (Å²) in [6, 6.07) is 11.1. The molecular weight excluding hydrogens is 246 g/mol. The Labute approximate surface area is 120 Å². The van der Waals surface area contributed by atoms with Crippen molar-refractivity contribution in [1.82, 2.24) is 15.5 Å². The second-order valence-electron chi connectivity index (χ2n) is 5.80. The van der Waals surface area contributed by atoms with E-state index in [-0.39, 0.29) is 0 Å². The van der Waals surface area contributed by atoms with Gasteiger partial charge in [-0.05, 0) is 24.3 Å². The van der Waals surface area contributed by atoms with Crippen molar-refractivity contribution in [3.63, 3.8) is 0 Å². The quantitative estimate of drug-likeness (QED) is 0.803. The van der Waals surface area contributed by atoms with Crippen molar-refractivity contribution in [2.24, 2.45) is 5.92 Å². The number of hydrogen-bond donors (Lipinski definition) is 2. The lowest BCUT2D eigenvalue weighted by molar-refractivity contribution is 0.445. The number of aromatic nitrogens is 2. The SMILES string of the molecule is CCC(CC1CC1)NCc1cn[nH]c1-c1ccccc1. The molecule has 1 aromatic carbocycles. The Morgan fingerprint density at radius 2 is 2.10 bits per heavy atom. The van der Waals surface area contributed by atoms with Crippen LogP contribution in [0.3, 0.4) is 0 Å². The van der Waals surface area contributed by atoms with E-state index in [2.05, 4.69) is 46.7 Å². The molecule has 2 aromatic rings. The number of nitrogens with one attached hydrogen (secondary N) is 2. The van der Waals surface area contributed by atoms with Gasteiger partial charge in [0.2, 0.25) is 0 Å². The van der Waals surface area contributed by atoms with Gasteiger partial charge in [0.1, 0.15) is 0 Å². The van der Waals surface area contributed by atoms with Gasteiger partial charge in [-0.25, -0.2) is 0 Å². The normalized spacial score (nSPS) is 16.2. The Morgan fingerprint density at radius 1 is 1.30 bits per heavy atom. The summed E-state index contributed by atoms with van der Waals surface area (Å²) in [5.41, 5.74) is 3.60. The fourth-order valence-corrected chi connectivity index (χ4v) is 2.70. The lowest BCUT2D eigenvalue weighted by Gasteiger charge is -2.16. The Kier molecular flexibility index (Phi) is 4.16. The third kappa shape index (κ3) is 3.28. The topological polar surface area (TPSA) is 40.7 Å². The number of rotatable bonds is 7. The standard InChI is InChI=1S/C17H23N3/c1-2-16(10-13-8-9-13)18-11-15-12-19-20-17(15)14-6-4-3-5-7-14/h3-7,12-13,16,18H,2,8-11H2,1H3,(H,19,20). The summed E-state index contributed by atoms with van der Waals surface area (Å²) in [5, 5.41) is 11.0. The molecule has 0 spiro atoms. The Hall–Kier alpha value is -1.61. The summed E-state index contributed by atoms with van der Waals surface area (Å²) < 4.78 is 0. The van der Waals surface area contributed by atoms with E-state index in [9.17, 15) is 0 Å². The van der Waals surface area contributed by atoms with Crippen LogP contribution in [0.4, 0.5) is 0 Å². The molecule has 0 saturated heterocycles. The zero-order chi connectivity index (χ0) is 13.8. The molecular formula is C17H23N3. The molecule has 1 aliphatic rings. The minimum absolute atomic E-state index is 0.640. The average molecular weight is 269 g/mol. The van der Waals surface area contributed by atoms with Gasteiger partial charge in [0.25, 0.3) is 0 Å². The molecule has 1 aromatic heterocycles. The van der Waals surface area contributed by atoms with E-state index in [0.29, 0.717) is 6.04 Å². The molecule has 3 rings (SSSR count). The minimum atomic E-state index is 0.640. The van der Waals surface area contributed by atoms with Crippen molar-refractivity contribution in [2.75, 3.05) is 0 Å². The van der Waals surface area contributed by atoms with Crippen LogP contribution in [0, 0.1) is 5.92 Å². The largest absolute Gasteiger partial charge is 0.310 e. The molecule has 0 amide bonds. The maximum Gasteiger partial charge on any atom is 0.0695 e. The smallest absolute Gasteiger partial charge is 0.0695 e. The molecule has 1 atom stereocenters. The predicted molar refractivity (Wildman–Crippen MR) is 82.3 cm³/mol. The van der Waals surface area contributed by atoms with Crippen LogP contribution in [0.25, 0.3) is 11.3 Å². The first-order valence-electron chi connectivity index (χ1n) is 7.68. The molecule has 106 valence electrons. The number of nitrogens with zero attached hydrogens (tertiary/aromatic N) is 1. The van der Waals surface area contributed by atoms with E-state index in [1.165, 1.54) is 36.8 Å². The highest BCUT2D eigenvalue weighted by Crippen LogP contribution is 2.34. The highest BCUT2D eigenvalue weighted by atomic mass is 15.1. The monoisotopic (exact) mass is 269 g/mol. The van der Waals surface area contributed by atoms with Gasteiger partial charge >= 0.3 is 0 Å². The van der Waals surface area contributed by atoms with Gasteiger partial charge in [0.15, 0.2) is 0 Å². The minimum Gasteiger partial charge on any atom is -0.310 e. The molecule has 0 radical (unpaired) electrons. The average Bonchev–Trinajstić information content (AvgIpc) is 3.19. The zero-order valence-electron chi connectivity index (χ0n) is 12.1. The van der Waals surface area contributed by atoms with Crippen LogP contribution in [0.5, 0.6) is 0 Å². The van der Waals surface area contributed by atoms with Gasteiger partial charge in [0.05, 0.1) is 11.9 Å². The Morgan fingerprint density at radius 3 is 2.80 bits per heavy atom. The van der Waals surface area contributed by atoms with Crippen LogP contribution in [0.2, 0.25) is 0 Å². The molecule has 3 nitrogen and oxygen atoms in total. The number of H-pyrrole nitrogens is 1. The molecule has 1 fully saturated rings. The first-order chi connectivity index (χ1) is 9.86. The molecule has 1 saturated carbocycles. The number of aromatic amines is 1. The third-order valence-electron chi connectivity index (χ3n) is 4.17. The highest BCUT2D eigenvalue weighted by molar-refractivity contribution is 5.62. The van der Waals surface area contributed by atoms with Crippen molar-refractivity contribution in [1.29, 1.82) is 0 Å². The summed E-state index contributed by atoms with van der Waals surface area (Å²) in [7, 11) is 0. The second-order valence-corrected chi connectivity index (χ2v) is 5.80. The fraction of sp³-hybridized carbons (Fsp3) is 0.471. The lowest BCUT2D eigenvalue weighted by Crippen LogP contribution is -2.28. The maximum absolute atomic E-state index is 4.21. The Balaban J connectivity index is 1.64. The van der Waals surface area contributed by atoms with E-state index in [0.717, 1.165) is 18.2 Å². The van der Waals surface area contributed by atoms with Crippen LogP contribution in [0.1, 0.15) is 38.2 Å². The lowest BCUT2D eigenvalue weighted by atomic mass is 10.1. The molecule has 20 heavy (non-hydrogen) atoms. The van der Waals surface area contributed by atoms with Gasteiger partial charge in [-0.15, -0.1) is 0 Å². The van der Waals surface area contributed by atoms with Crippen LogP contribution in [0.15, 0.2) is 36.5 Å². The molecule has 1 heterocycles. The van der Waals surface area contributed by atoms with E-state index in [1.54, 1.807) is 0 Å². The van der Waals surface area contributed by atoms with Crippen LogP contribution < -0.4 is 5.32 Å². The van der Waals surface area contributed by atoms with Gasteiger partial charge < -0.3 is 5.32 Å². The molecule has 2 N–H and O–H groups in total. The molecule has 0 aliphatic heterocycles. The number of benzene rings is 1. The van der Waals surface area contributed by atoms with E-state index >= 15 is 0 Å². The summed E-state index contributed by atoms with van der Waals surface area (Å²) in [4.78, 5) is 0. The van der Waals surface area contributed by atoms with Crippen molar-refractivity contribution >= 4 is 0 Å². The third-order valence-corrected chi connectivity index (χ3v) is 4.17. The molecule has 0 bridgehead atoms. The van der Waals surface area contributed by atoms with Crippen molar-refractivity contribution in [3.8, 4) is 11.3 Å². The van der Waals surface area contributed by atoms with Crippen molar-refractivity contribution < 1.29 is 0 Å². The second kappa shape index (κ2) is 6.23. The van der Waals surface area contributed by atoms with Gasteiger partial charge in [0, 0.05) is 18.2 Å². The summed E-state index contributed by atoms with van der Waals surface area (Å²) in [6.07, 6.45) is 7.33. The van der Waals surface area contributed by atoms with E-state index in [1.807, 2.05) is 12.3 Å². The molecule has 3 heteroatoms. The predicted octanol–water partition coefficient (Wildman–Crippen LogP) is 3.75. The molecule has 1 aliphatic carbocycles. The summed E-state index contributed by atoms with van der Waals surface area (Å²) in [5.74, 6) is 0.977. The first kappa shape index (κ1) is 13.4. The highest BCUT2D eigenvalue weighted by Gasteiger charge is 2.24. The summed E-state index contributed by atoms with van der Waals surface area (Å²) >= 11 is 0. The van der Waals surface area contributed by atoms with Gasteiger partial charge in [-0.2, -0.15) is 5.10 Å². The van der Waals surface area contributed by atoms with E-state index in [4.69, 9.17) is 0 Å². The Bertz CT molecular complexity index is 528. The maximum atomic E-state index is 4.21. The fourth-order valence-electron chi connectivity index (χ4n) is 2.70. The van der Waals surface area contributed by atoms with Gasteiger partial charge in [-0.3, -0.25) is 5.10 Å².